The quantitative estimate of drug-likeness (QED) is 0.596. The molecule has 4 rings (SSSR count). The monoisotopic (exact) mass is 415 g/mol. The van der Waals surface area contributed by atoms with Crippen molar-refractivity contribution < 1.29 is 14.0 Å². The van der Waals surface area contributed by atoms with E-state index in [0.717, 1.165) is 16.3 Å². The number of urea groups is 1. The van der Waals surface area contributed by atoms with E-state index < -0.39 is 11.9 Å². The third kappa shape index (κ3) is 4.23. The first-order valence-corrected chi connectivity index (χ1v) is 10.5. The average molecular weight is 416 g/mol. The standard InChI is InChI=1S/C18H17N5O3S2/c1-10-13(15(24)21-17(25)19-10)7-14-22-23-18(26-14)28-9-12-8-27-16(20-12)11-5-3-2-4-6-11/h2-6,8,10,13H,7,9H2,1H3,(H2,19,21,24,25). The number of hydrogen-bond donors (Lipinski definition) is 2. The molecule has 1 aliphatic rings. The predicted molar refractivity (Wildman–Crippen MR) is 105 cm³/mol. The smallest absolute Gasteiger partial charge is 0.321 e. The number of benzene rings is 1. The van der Waals surface area contributed by atoms with Crippen molar-refractivity contribution >= 4 is 35.0 Å². The Morgan fingerprint density at radius 2 is 2.04 bits per heavy atom. The maximum absolute atomic E-state index is 12.0. The molecule has 2 atom stereocenters. The number of aromatic nitrogens is 3. The normalized spacial score (nSPS) is 19.3. The molecule has 28 heavy (non-hydrogen) atoms. The Labute approximate surface area is 169 Å². The maximum atomic E-state index is 12.0. The molecule has 2 N–H and O–H groups in total. The second-order valence-corrected chi connectivity index (χ2v) is 8.11. The fraction of sp³-hybridized carbons (Fsp3) is 0.278. The highest BCUT2D eigenvalue weighted by Gasteiger charge is 2.34. The number of thioether (sulfide) groups is 1. The Bertz CT molecular complexity index is 988. The van der Waals surface area contributed by atoms with Crippen molar-refractivity contribution in [3.63, 3.8) is 0 Å². The maximum Gasteiger partial charge on any atom is 0.321 e. The number of carbonyl (C=O) groups excluding carboxylic acids is 2. The van der Waals surface area contributed by atoms with Gasteiger partial charge in [-0.25, -0.2) is 9.78 Å². The zero-order valence-electron chi connectivity index (χ0n) is 14.9. The third-order valence-electron chi connectivity index (χ3n) is 4.29. The van der Waals surface area contributed by atoms with E-state index in [1.165, 1.54) is 11.8 Å². The van der Waals surface area contributed by atoms with Crippen LogP contribution in [0.5, 0.6) is 0 Å². The second kappa shape index (κ2) is 8.11. The first-order valence-electron chi connectivity index (χ1n) is 8.65. The molecular weight excluding hydrogens is 398 g/mol. The van der Waals surface area contributed by atoms with Crippen LogP contribution < -0.4 is 10.6 Å². The van der Waals surface area contributed by atoms with E-state index in [0.29, 0.717) is 16.9 Å². The van der Waals surface area contributed by atoms with E-state index in [4.69, 9.17) is 4.42 Å². The Kier molecular flexibility index (Phi) is 5.40. The van der Waals surface area contributed by atoms with Gasteiger partial charge < -0.3 is 9.73 Å². The molecule has 144 valence electrons. The number of imide groups is 1. The number of thiazole rings is 1. The van der Waals surface area contributed by atoms with Crippen LogP contribution in [0.25, 0.3) is 10.6 Å². The average Bonchev–Trinajstić information content (AvgIpc) is 3.33. The van der Waals surface area contributed by atoms with Gasteiger partial charge in [0.15, 0.2) is 0 Å². The Balaban J connectivity index is 1.35. The largest absolute Gasteiger partial charge is 0.416 e. The molecule has 10 heteroatoms. The van der Waals surface area contributed by atoms with Crippen LogP contribution in [0.3, 0.4) is 0 Å². The fourth-order valence-electron chi connectivity index (χ4n) is 2.83. The van der Waals surface area contributed by atoms with Crippen LogP contribution in [0.1, 0.15) is 18.5 Å². The van der Waals surface area contributed by atoms with Gasteiger partial charge in [-0.3, -0.25) is 10.1 Å². The van der Waals surface area contributed by atoms with Gasteiger partial charge in [0, 0.05) is 29.2 Å². The number of nitrogens with one attached hydrogen (secondary N) is 2. The molecule has 1 aliphatic heterocycles. The van der Waals surface area contributed by atoms with Crippen LogP contribution in [0.4, 0.5) is 4.79 Å². The van der Waals surface area contributed by atoms with Crippen molar-refractivity contribution in [3.8, 4) is 10.6 Å². The van der Waals surface area contributed by atoms with Crippen LogP contribution >= 0.6 is 23.1 Å². The lowest BCUT2D eigenvalue weighted by Gasteiger charge is -2.27. The van der Waals surface area contributed by atoms with Gasteiger partial charge in [0.1, 0.15) is 5.01 Å². The van der Waals surface area contributed by atoms with E-state index in [-0.39, 0.29) is 18.4 Å². The minimum absolute atomic E-state index is 0.274. The summed E-state index contributed by atoms with van der Waals surface area (Å²) in [5.74, 6) is 0.206. The van der Waals surface area contributed by atoms with Crippen molar-refractivity contribution in [3.05, 3.63) is 47.3 Å². The summed E-state index contributed by atoms with van der Waals surface area (Å²) in [5.41, 5.74) is 2.03. The minimum Gasteiger partial charge on any atom is -0.416 e. The Hall–Kier alpha value is -2.72. The highest BCUT2D eigenvalue weighted by molar-refractivity contribution is 7.98. The van der Waals surface area contributed by atoms with Crippen molar-refractivity contribution in [2.45, 2.75) is 30.4 Å². The summed E-state index contributed by atoms with van der Waals surface area (Å²) >= 11 is 3.00. The van der Waals surface area contributed by atoms with Crippen LogP contribution in [0.2, 0.25) is 0 Å². The van der Waals surface area contributed by atoms with Gasteiger partial charge in [-0.15, -0.1) is 21.5 Å². The molecule has 1 fully saturated rings. The van der Waals surface area contributed by atoms with Gasteiger partial charge in [-0.1, -0.05) is 42.1 Å². The van der Waals surface area contributed by atoms with Crippen LogP contribution in [-0.2, 0) is 17.0 Å². The number of hydrogen-bond acceptors (Lipinski definition) is 8. The number of carbonyl (C=O) groups is 2. The Morgan fingerprint density at radius 1 is 1.21 bits per heavy atom. The van der Waals surface area contributed by atoms with Gasteiger partial charge in [-0.05, 0) is 6.92 Å². The molecule has 3 aromatic rings. The van der Waals surface area contributed by atoms with Gasteiger partial charge >= 0.3 is 6.03 Å². The van der Waals surface area contributed by atoms with Crippen LogP contribution in [0, 0.1) is 5.92 Å². The highest BCUT2D eigenvalue weighted by atomic mass is 32.2. The molecular formula is C18H17N5O3S2. The molecule has 0 radical (unpaired) electrons. The zero-order chi connectivity index (χ0) is 19.5. The summed E-state index contributed by atoms with van der Waals surface area (Å²) in [7, 11) is 0. The molecule has 1 aromatic carbocycles. The minimum atomic E-state index is -0.478. The summed E-state index contributed by atoms with van der Waals surface area (Å²) in [6.45, 7) is 1.78. The molecule has 2 aromatic heterocycles. The lowest BCUT2D eigenvalue weighted by Crippen LogP contribution is -2.57. The Morgan fingerprint density at radius 3 is 2.82 bits per heavy atom. The van der Waals surface area contributed by atoms with E-state index in [2.05, 4.69) is 25.8 Å². The molecule has 2 unspecified atom stereocenters. The van der Waals surface area contributed by atoms with Crippen LogP contribution in [-0.4, -0.2) is 33.2 Å². The number of rotatable bonds is 6. The lowest BCUT2D eigenvalue weighted by molar-refractivity contribution is -0.125. The predicted octanol–water partition coefficient (Wildman–Crippen LogP) is 2.87. The third-order valence-corrected chi connectivity index (χ3v) is 6.09. The highest BCUT2D eigenvalue weighted by Crippen LogP contribution is 2.27. The molecule has 0 spiro atoms. The molecule has 3 amide bonds. The summed E-state index contributed by atoms with van der Waals surface area (Å²) in [4.78, 5) is 27.9. The first kappa shape index (κ1) is 18.6. The fourth-order valence-corrected chi connectivity index (χ4v) is 4.44. The van der Waals surface area contributed by atoms with Crippen molar-refractivity contribution in [2.75, 3.05) is 0 Å². The number of nitrogens with zero attached hydrogens (tertiary/aromatic N) is 3. The van der Waals surface area contributed by atoms with Gasteiger partial charge in [-0.2, -0.15) is 0 Å². The summed E-state index contributed by atoms with van der Waals surface area (Å²) in [6.07, 6.45) is 0.274. The van der Waals surface area contributed by atoms with E-state index >= 15 is 0 Å². The first-order chi connectivity index (χ1) is 13.6. The van der Waals surface area contributed by atoms with Gasteiger partial charge in [0.25, 0.3) is 5.22 Å². The number of amides is 3. The second-order valence-electron chi connectivity index (χ2n) is 6.32. The van der Waals surface area contributed by atoms with Crippen molar-refractivity contribution in [2.24, 2.45) is 5.92 Å². The van der Waals surface area contributed by atoms with Crippen molar-refractivity contribution in [1.82, 2.24) is 25.8 Å². The summed E-state index contributed by atoms with van der Waals surface area (Å²) in [6, 6.07) is 9.25. The molecule has 8 nitrogen and oxygen atoms in total. The molecule has 3 heterocycles. The van der Waals surface area contributed by atoms with E-state index in [1.54, 1.807) is 18.3 Å². The van der Waals surface area contributed by atoms with Crippen LogP contribution in [0.15, 0.2) is 45.4 Å². The van der Waals surface area contributed by atoms with Gasteiger partial charge in [0.05, 0.1) is 11.6 Å². The van der Waals surface area contributed by atoms with E-state index in [1.807, 2.05) is 35.7 Å². The molecule has 0 bridgehead atoms. The zero-order valence-corrected chi connectivity index (χ0v) is 16.5. The topological polar surface area (TPSA) is 110 Å². The van der Waals surface area contributed by atoms with Crippen molar-refractivity contribution in [1.29, 1.82) is 0 Å². The van der Waals surface area contributed by atoms with Gasteiger partial charge in [0.2, 0.25) is 11.8 Å². The molecule has 1 saturated heterocycles. The lowest BCUT2D eigenvalue weighted by atomic mass is 9.95. The summed E-state index contributed by atoms with van der Waals surface area (Å²) < 4.78 is 5.65. The SMILES string of the molecule is CC1NC(=O)NC(=O)C1Cc1nnc(SCc2csc(-c3ccccc3)n2)o1. The molecule has 0 saturated carbocycles. The summed E-state index contributed by atoms with van der Waals surface area (Å²) in [5, 5.41) is 16.4. The molecule has 0 aliphatic carbocycles. The van der Waals surface area contributed by atoms with E-state index in [9.17, 15) is 9.59 Å².